The van der Waals surface area contributed by atoms with Gasteiger partial charge in [0.15, 0.2) is 0 Å². The van der Waals surface area contributed by atoms with Crippen LogP contribution in [0.1, 0.15) is 31.4 Å². The molecule has 1 aromatic rings. The van der Waals surface area contributed by atoms with Gasteiger partial charge in [0.2, 0.25) is 0 Å². The van der Waals surface area contributed by atoms with Gasteiger partial charge in [-0.05, 0) is 37.0 Å². The summed E-state index contributed by atoms with van der Waals surface area (Å²) < 4.78 is 0. The molecule has 0 amide bonds. The average Bonchev–Trinajstić information content (AvgIpc) is 2.19. The van der Waals surface area contributed by atoms with Crippen molar-refractivity contribution < 1.29 is 4.79 Å². The van der Waals surface area contributed by atoms with Crippen LogP contribution in [0, 0.1) is 6.92 Å². The predicted molar refractivity (Wildman–Crippen MR) is 62.2 cm³/mol. The molecule has 0 bridgehead atoms. The third-order valence-corrected chi connectivity index (χ3v) is 1.95. The molecule has 0 unspecified atom stereocenters. The number of allylic oxidation sites excluding steroid dienone is 1. The number of hydrogen-bond acceptors (Lipinski definition) is 1. The zero-order chi connectivity index (χ0) is 11.0. The molecule has 0 aliphatic carbocycles. The van der Waals surface area contributed by atoms with Crippen LogP contribution in [0.4, 0.5) is 0 Å². The highest BCUT2D eigenvalue weighted by Crippen LogP contribution is 2.18. The van der Waals surface area contributed by atoms with E-state index in [1.807, 2.05) is 0 Å². The molecule has 0 saturated heterocycles. The van der Waals surface area contributed by atoms with Gasteiger partial charge in [0.1, 0.15) is 6.29 Å². The second kappa shape index (κ2) is 7.07. The van der Waals surface area contributed by atoms with Crippen LogP contribution in [0.5, 0.6) is 0 Å². The SMILES string of the molecule is C=C(CC)c1ccccc1C.CC=O. The molecule has 1 aromatic carbocycles. The van der Waals surface area contributed by atoms with Gasteiger partial charge in [-0.1, -0.05) is 37.8 Å². The minimum atomic E-state index is 0.750. The van der Waals surface area contributed by atoms with E-state index in [1.165, 1.54) is 23.6 Å². The molecule has 0 aromatic heterocycles. The van der Waals surface area contributed by atoms with Crippen molar-refractivity contribution in [1.82, 2.24) is 0 Å². The fourth-order valence-corrected chi connectivity index (χ4v) is 1.16. The molecular weight excluding hydrogens is 172 g/mol. The summed E-state index contributed by atoms with van der Waals surface area (Å²) in [5.74, 6) is 0. The van der Waals surface area contributed by atoms with Crippen molar-refractivity contribution in [1.29, 1.82) is 0 Å². The normalized spacial score (nSPS) is 8.50. The maximum absolute atomic E-state index is 8.81. The minimum Gasteiger partial charge on any atom is -0.304 e. The van der Waals surface area contributed by atoms with Gasteiger partial charge in [-0.15, -0.1) is 0 Å². The summed E-state index contributed by atoms with van der Waals surface area (Å²) >= 11 is 0. The van der Waals surface area contributed by atoms with Crippen LogP contribution in [0.15, 0.2) is 30.8 Å². The molecule has 1 heteroatoms. The first-order valence-electron chi connectivity index (χ1n) is 4.80. The van der Waals surface area contributed by atoms with Crippen molar-refractivity contribution in [2.24, 2.45) is 0 Å². The Labute approximate surface area is 86.5 Å². The maximum atomic E-state index is 8.81. The Kier molecular flexibility index (Phi) is 6.38. The fourth-order valence-electron chi connectivity index (χ4n) is 1.16. The van der Waals surface area contributed by atoms with Crippen LogP contribution >= 0.6 is 0 Å². The van der Waals surface area contributed by atoms with Crippen molar-refractivity contribution >= 4 is 11.9 Å². The van der Waals surface area contributed by atoms with Gasteiger partial charge in [0.05, 0.1) is 0 Å². The summed E-state index contributed by atoms with van der Waals surface area (Å²) in [6.07, 6.45) is 1.78. The fraction of sp³-hybridized carbons (Fsp3) is 0.308. The van der Waals surface area contributed by atoms with E-state index in [9.17, 15) is 0 Å². The van der Waals surface area contributed by atoms with Gasteiger partial charge in [-0.2, -0.15) is 0 Å². The summed E-state index contributed by atoms with van der Waals surface area (Å²) in [6, 6.07) is 8.36. The maximum Gasteiger partial charge on any atom is 0.116 e. The number of hydrogen-bond donors (Lipinski definition) is 0. The molecular formula is C13H18O. The van der Waals surface area contributed by atoms with E-state index in [1.54, 1.807) is 0 Å². The van der Waals surface area contributed by atoms with E-state index in [0.717, 1.165) is 12.7 Å². The first-order chi connectivity index (χ1) is 6.67. The van der Waals surface area contributed by atoms with Crippen molar-refractivity contribution in [3.8, 4) is 0 Å². The van der Waals surface area contributed by atoms with Crippen LogP contribution in [-0.2, 0) is 4.79 Å². The monoisotopic (exact) mass is 190 g/mol. The van der Waals surface area contributed by atoms with E-state index >= 15 is 0 Å². The molecule has 0 radical (unpaired) electrons. The Morgan fingerprint density at radius 1 is 1.43 bits per heavy atom. The van der Waals surface area contributed by atoms with E-state index in [-0.39, 0.29) is 0 Å². The number of carbonyl (C=O) groups excluding carboxylic acids is 1. The highest BCUT2D eigenvalue weighted by molar-refractivity contribution is 5.65. The lowest BCUT2D eigenvalue weighted by Gasteiger charge is -2.05. The van der Waals surface area contributed by atoms with Gasteiger partial charge in [0, 0.05) is 0 Å². The number of aryl methyl sites for hydroxylation is 1. The van der Waals surface area contributed by atoms with Gasteiger partial charge < -0.3 is 4.79 Å². The lowest BCUT2D eigenvalue weighted by Crippen LogP contribution is -1.84. The Morgan fingerprint density at radius 3 is 2.36 bits per heavy atom. The molecule has 0 fully saturated rings. The predicted octanol–water partition coefficient (Wildman–Crippen LogP) is 3.62. The molecule has 0 aliphatic rings. The summed E-state index contributed by atoms with van der Waals surface area (Å²) in [7, 11) is 0. The molecule has 0 heterocycles. The number of carbonyl (C=O) groups is 1. The third kappa shape index (κ3) is 4.04. The van der Waals surface area contributed by atoms with Crippen LogP contribution in [-0.4, -0.2) is 6.29 Å². The first-order valence-corrected chi connectivity index (χ1v) is 4.80. The standard InChI is InChI=1S/C11H14.C2H4O/c1-4-9(2)11-8-6-5-7-10(11)3;1-2-3/h5-8H,2,4H2,1,3H3;2H,1H3. The molecule has 0 saturated carbocycles. The summed E-state index contributed by atoms with van der Waals surface area (Å²) in [6.45, 7) is 9.70. The van der Waals surface area contributed by atoms with E-state index in [0.29, 0.717) is 0 Å². The Balaban J connectivity index is 0.000000500. The quantitative estimate of drug-likeness (QED) is 0.651. The highest BCUT2D eigenvalue weighted by Gasteiger charge is 1.97. The summed E-state index contributed by atoms with van der Waals surface area (Å²) in [5.41, 5.74) is 3.84. The van der Waals surface area contributed by atoms with Gasteiger partial charge in [-0.25, -0.2) is 0 Å². The number of rotatable bonds is 2. The summed E-state index contributed by atoms with van der Waals surface area (Å²) in [4.78, 5) is 8.81. The Morgan fingerprint density at radius 2 is 1.93 bits per heavy atom. The molecule has 14 heavy (non-hydrogen) atoms. The van der Waals surface area contributed by atoms with Gasteiger partial charge in [0.25, 0.3) is 0 Å². The molecule has 1 nitrogen and oxygen atoms in total. The second-order valence-corrected chi connectivity index (χ2v) is 3.01. The van der Waals surface area contributed by atoms with Crippen molar-refractivity contribution in [2.75, 3.05) is 0 Å². The Hall–Kier alpha value is -1.37. The second-order valence-electron chi connectivity index (χ2n) is 3.01. The van der Waals surface area contributed by atoms with Gasteiger partial charge in [-0.3, -0.25) is 0 Å². The first kappa shape index (κ1) is 12.6. The largest absolute Gasteiger partial charge is 0.304 e. The van der Waals surface area contributed by atoms with E-state index in [4.69, 9.17) is 4.79 Å². The minimum absolute atomic E-state index is 0.750. The van der Waals surface area contributed by atoms with Crippen LogP contribution in [0.25, 0.3) is 5.57 Å². The van der Waals surface area contributed by atoms with E-state index < -0.39 is 0 Å². The van der Waals surface area contributed by atoms with Crippen molar-refractivity contribution in [3.05, 3.63) is 42.0 Å². The zero-order valence-corrected chi connectivity index (χ0v) is 9.21. The third-order valence-electron chi connectivity index (χ3n) is 1.95. The van der Waals surface area contributed by atoms with Gasteiger partial charge >= 0.3 is 0 Å². The molecule has 76 valence electrons. The number of benzene rings is 1. The topological polar surface area (TPSA) is 17.1 Å². The molecule has 0 spiro atoms. The number of aldehydes is 1. The van der Waals surface area contributed by atoms with Crippen molar-refractivity contribution in [2.45, 2.75) is 27.2 Å². The molecule has 1 rings (SSSR count). The molecule has 0 aliphatic heterocycles. The lowest BCUT2D eigenvalue weighted by atomic mass is 10.0. The summed E-state index contributed by atoms with van der Waals surface area (Å²) in [5, 5.41) is 0. The smallest absolute Gasteiger partial charge is 0.116 e. The van der Waals surface area contributed by atoms with Crippen molar-refractivity contribution in [3.63, 3.8) is 0 Å². The zero-order valence-electron chi connectivity index (χ0n) is 9.21. The van der Waals surface area contributed by atoms with E-state index in [2.05, 4.69) is 44.7 Å². The molecule has 0 atom stereocenters. The highest BCUT2D eigenvalue weighted by atomic mass is 16.1. The van der Waals surface area contributed by atoms with Crippen LogP contribution in [0.3, 0.4) is 0 Å². The van der Waals surface area contributed by atoms with Crippen LogP contribution < -0.4 is 0 Å². The lowest BCUT2D eigenvalue weighted by molar-refractivity contribution is -0.106. The molecule has 0 N–H and O–H groups in total. The van der Waals surface area contributed by atoms with Crippen LogP contribution in [0.2, 0.25) is 0 Å². The Bertz CT molecular complexity index is 300. The average molecular weight is 190 g/mol.